The third-order valence-corrected chi connectivity index (χ3v) is 10.8. The molecule has 1 aliphatic heterocycles. The minimum absolute atomic E-state index is 0.769. The van der Waals surface area contributed by atoms with Crippen molar-refractivity contribution in [3.63, 3.8) is 0 Å². The number of hydrogen-bond donors (Lipinski definition) is 0. The highest BCUT2D eigenvalue weighted by Gasteiger charge is 2.27. The van der Waals surface area contributed by atoms with Crippen molar-refractivity contribution in [1.29, 1.82) is 0 Å². The summed E-state index contributed by atoms with van der Waals surface area (Å²) in [6.45, 7) is 0. The van der Waals surface area contributed by atoms with Gasteiger partial charge in [0.2, 0.25) is 0 Å². The molecular formula is C49H32N2O. The largest absolute Gasteiger partial charge is 0.454 e. The van der Waals surface area contributed by atoms with E-state index in [9.17, 15) is 0 Å². The number of benzene rings is 8. The van der Waals surface area contributed by atoms with Crippen molar-refractivity contribution in [2.75, 3.05) is 0 Å². The van der Waals surface area contributed by atoms with Crippen LogP contribution in [0, 0.1) is 0 Å². The number of nitrogens with zero attached hydrogens (tertiary/aromatic N) is 2. The highest BCUT2D eigenvalue weighted by atomic mass is 16.5. The van der Waals surface area contributed by atoms with E-state index in [0.717, 1.165) is 34.8 Å². The van der Waals surface area contributed by atoms with E-state index in [2.05, 4.69) is 191 Å². The van der Waals surface area contributed by atoms with Crippen LogP contribution >= 0.6 is 0 Å². The predicted molar refractivity (Wildman–Crippen MR) is 215 cm³/mol. The Kier molecular flexibility index (Phi) is 6.31. The molecule has 3 heterocycles. The zero-order chi connectivity index (χ0) is 34.2. The zero-order valence-corrected chi connectivity index (χ0v) is 28.3. The van der Waals surface area contributed by atoms with Crippen LogP contribution in [0.1, 0.15) is 11.1 Å². The van der Waals surface area contributed by atoms with Gasteiger partial charge in [0, 0.05) is 50.5 Å². The number of ether oxygens (including phenoxy) is 1. The van der Waals surface area contributed by atoms with E-state index in [1.165, 1.54) is 71.5 Å². The number of aromatic nitrogens is 2. The number of hydrogen-bond acceptors (Lipinski definition) is 1. The first kappa shape index (κ1) is 28.9. The number of para-hydroxylation sites is 2. The van der Waals surface area contributed by atoms with Crippen LogP contribution in [0.25, 0.3) is 77.2 Å². The molecule has 1 aliphatic rings. The summed E-state index contributed by atoms with van der Waals surface area (Å²) in [5.41, 5.74) is 14.2. The molecule has 0 saturated heterocycles. The molecule has 0 aliphatic carbocycles. The van der Waals surface area contributed by atoms with Crippen molar-refractivity contribution in [3.05, 3.63) is 193 Å². The average Bonchev–Trinajstić information content (AvgIpc) is 3.75. The van der Waals surface area contributed by atoms with Crippen molar-refractivity contribution in [3.8, 4) is 45.1 Å². The second-order valence-electron chi connectivity index (χ2n) is 13.7. The van der Waals surface area contributed by atoms with Gasteiger partial charge in [-0.25, -0.2) is 0 Å². The van der Waals surface area contributed by atoms with Crippen LogP contribution in [0.3, 0.4) is 0 Å². The SMILES string of the molecule is c1ccc(-c2ccc(-n3c4ccccc4c4ccc5c(c43)Cc3ccc4c6ccccc6n(-c6ccc(-c7ccccc7)cc6)c4c3O5)cc2)cc1. The summed E-state index contributed by atoms with van der Waals surface area (Å²) in [6, 6.07) is 65.4. The van der Waals surface area contributed by atoms with Gasteiger partial charge in [-0.3, -0.25) is 0 Å². The molecule has 8 aromatic carbocycles. The van der Waals surface area contributed by atoms with Gasteiger partial charge in [0.05, 0.1) is 22.1 Å². The molecule has 10 aromatic rings. The quantitative estimate of drug-likeness (QED) is 0.183. The summed E-state index contributed by atoms with van der Waals surface area (Å²) in [7, 11) is 0. The first-order chi connectivity index (χ1) is 25.8. The Bertz CT molecular complexity index is 2760. The van der Waals surface area contributed by atoms with E-state index < -0.39 is 0 Å². The highest BCUT2D eigenvalue weighted by molar-refractivity contribution is 6.13. The monoisotopic (exact) mass is 664 g/mol. The van der Waals surface area contributed by atoms with Crippen molar-refractivity contribution < 1.29 is 4.74 Å². The second-order valence-corrected chi connectivity index (χ2v) is 13.7. The highest BCUT2D eigenvalue weighted by Crippen LogP contribution is 2.48. The molecule has 0 N–H and O–H groups in total. The lowest BCUT2D eigenvalue weighted by molar-refractivity contribution is 0.465. The lowest BCUT2D eigenvalue weighted by Gasteiger charge is -2.24. The lowest BCUT2D eigenvalue weighted by atomic mass is 9.96. The molecule has 0 atom stereocenters. The summed E-state index contributed by atoms with van der Waals surface area (Å²) in [4.78, 5) is 0. The van der Waals surface area contributed by atoms with Gasteiger partial charge in [-0.05, 0) is 70.8 Å². The molecule has 0 radical (unpaired) electrons. The van der Waals surface area contributed by atoms with E-state index >= 15 is 0 Å². The van der Waals surface area contributed by atoms with E-state index in [0.29, 0.717) is 0 Å². The van der Waals surface area contributed by atoms with Gasteiger partial charge in [0.25, 0.3) is 0 Å². The molecule has 0 amide bonds. The van der Waals surface area contributed by atoms with Crippen molar-refractivity contribution in [2.45, 2.75) is 6.42 Å². The van der Waals surface area contributed by atoms with E-state index in [1.54, 1.807) is 0 Å². The first-order valence-corrected chi connectivity index (χ1v) is 17.9. The fraction of sp³-hybridized carbons (Fsp3) is 0.0204. The molecule has 0 saturated carbocycles. The van der Waals surface area contributed by atoms with Gasteiger partial charge in [0.15, 0.2) is 5.75 Å². The Labute approximate surface area is 301 Å². The Morgan fingerprint density at radius 2 is 0.827 bits per heavy atom. The van der Waals surface area contributed by atoms with Gasteiger partial charge in [-0.1, -0.05) is 133 Å². The Morgan fingerprint density at radius 1 is 0.365 bits per heavy atom. The van der Waals surface area contributed by atoms with Crippen LogP contribution in [0.15, 0.2) is 182 Å². The minimum Gasteiger partial charge on any atom is -0.454 e. The van der Waals surface area contributed by atoms with Crippen LogP contribution in [0.2, 0.25) is 0 Å². The third-order valence-electron chi connectivity index (χ3n) is 10.8. The van der Waals surface area contributed by atoms with Crippen molar-refractivity contribution in [2.24, 2.45) is 0 Å². The standard InChI is InChI=1S/C49H32N2O/c1-3-11-32(12-4-1)34-19-24-37(25-20-34)50-44-17-9-7-15-39(44)41-29-30-46-43(47(41)50)31-36-23-28-42-40-16-8-10-18-45(40)51(48(42)49(36)52-46)38-26-21-35(22-27-38)33-13-5-2-6-14-33/h1-30H,31H2. The molecule has 0 fully saturated rings. The predicted octanol–water partition coefficient (Wildman–Crippen LogP) is 12.9. The van der Waals surface area contributed by atoms with Crippen molar-refractivity contribution >= 4 is 43.6 Å². The van der Waals surface area contributed by atoms with Crippen LogP contribution in [-0.4, -0.2) is 9.13 Å². The molecule has 2 aromatic heterocycles. The number of fused-ring (bicyclic) bond motifs is 10. The lowest BCUT2D eigenvalue weighted by Crippen LogP contribution is -2.07. The zero-order valence-electron chi connectivity index (χ0n) is 28.3. The molecule has 0 bridgehead atoms. The van der Waals surface area contributed by atoms with Gasteiger partial charge >= 0.3 is 0 Å². The van der Waals surface area contributed by atoms with Crippen LogP contribution in [-0.2, 0) is 6.42 Å². The maximum atomic E-state index is 7.11. The normalized spacial score (nSPS) is 12.3. The molecule has 244 valence electrons. The molecule has 52 heavy (non-hydrogen) atoms. The molecule has 3 heteroatoms. The van der Waals surface area contributed by atoms with Crippen LogP contribution < -0.4 is 4.74 Å². The van der Waals surface area contributed by atoms with E-state index in [4.69, 9.17) is 4.74 Å². The summed E-state index contributed by atoms with van der Waals surface area (Å²) >= 11 is 0. The van der Waals surface area contributed by atoms with Gasteiger partial charge in [0.1, 0.15) is 5.75 Å². The summed E-state index contributed by atoms with van der Waals surface area (Å²) in [5, 5.41) is 4.89. The Morgan fingerprint density at radius 3 is 1.40 bits per heavy atom. The van der Waals surface area contributed by atoms with E-state index in [-0.39, 0.29) is 0 Å². The average molecular weight is 665 g/mol. The van der Waals surface area contributed by atoms with Crippen LogP contribution in [0.4, 0.5) is 0 Å². The van der Waals surface area contributed by atoms with E-state index in [1.807, 2.05) is 0 Å². The topological polar surface area (TPSA) is 19.1 Å². The molecule has 0 spiro atoms. The minimum atomic E-state index is 0.769. The molecule has 11 rings (SSSR count). The van der Waals surface area contributed by atoms with Crippen molar-refractivity contribution in [1.82, 2.24) is 9.13 Å². The summed E-state index contributed by atoms with van der Waals surface area (Å²) in [6.07, 6.45) is 0.769. The molecular weight excluding hydrogens is 633 g/mol. The second kappa shape index (κ2) is 11.3. The van der Waals surface area contributed by atoms with Gasteiger partial charge in [-0.15, -0.1) is 0 Å². The molecule has 3 nitrogen and oxygen atoms in total. The fourth-order valence-electron chi connectivity index (χ4n) is 8.40. The smallest absolute Gasteiger partial charge is 0.155 e. The first-order valence-electron chi connectivity index (χ1n) is 17.9. The number of rotatable bonds is 4. The molecule has 0 unspecified atom stereocenters. The Balaban J connectivity index is 1.09. The maximum Gasteiger partial charge on any atom is 0.155 e. The maximum absolute atomic E-state index is 7.11. The third kappa shape index (κ3) is 4.33. The Hall–Kier alpha value is -6.84. The van der Waals surface area contributed by atoms with Crippen LogP contribution in [0.5, 0.6) is 11.5 Å². The summed E-state index contributed by atoms with van der Waals surface area (Å²) < 4.78 is 11.9. The summed E-state index contributed by atoms with van der Waals surface area (Å²) in [5.74, 6) is 1.84. The fourth-order valence-corrected chi connectivity index (χ4v) is 8.40. The van der Waals surface area contributed by atoms with Gasteiger partial charge in [-0.2, -0.15) is 0 Å². The van der Waals surface area contributed by atoms with Gasteiger partial charge < -0.3 is 13.9 Å².